The summed E-state index contributed by atoms with van der Waals surface area (Å²) in [5.41, 5.74) is 5.23. The second-order valence-electron chi connectivity index (χ2n) is 5.87. The van der Waals surface area contributed by atoms with E-state index < -0.39 is 11.7 Å². The Morgan fingerprint density at radius 1 is 1.22 bits per heavy atom. The average Bonchev–Trinajstić information content (AvgIpc) is 3.13. The van der Waals surface area contributed by atoms with Crippen molar-refractivity contribution in [2.45, 2.75) is 19.5 Å². The van der Waals surface area contributed by atoms with Crippen LogP contribution in [0.1, 0.15) is 30.3 Å². The topological polar surface area (TPSA) is 82.0 Å². The van der Waals surface area contributed by atoms with Gasteiger partial charge in [-0.1, -0.05) is 30.5 Å². The second kappa shape index (κ2) is 12.0. The van der Waals surface area contributed by atoms with Gasteiger partial charge in [-0.2, -0.15) is 18.3 Å². The monoisotopic (exact) mass is 524 g/mol. The fraction of sp³-hybridized carbons (Fsp3) is 0.143. The molecule has 0 radical (unpaired) electrons. The first kappa shape index (κ1) is 25.1. The van der Waals surface area contributed by atoms with Gasteiger partial charge in [0, 0.05) is 18.6 Å². The van der Waals surface area contributed by atoms with E-state index in [0.29, 0.717) is 21.8 Å². The number of alkyl halides is 3. The van der Waals surface area contributed by atoms with E-state index in [9.17, 15) is 13.2 Å². The van der Waals surface area contributed by atoms with E-state index in [4.69, 9.17) is 17.3 Å². The van der Waals surface area contributed by atoms with Crippen molar-refractivity contribution in [3.05, 3.63) is 83.3 Å². The Kier molecular flexibility index (Phi) is 9.43. The van der Waals surface area contributed by atoms with Crippen molar-refractivity contribution in [2.75, 3.05) is 0 Å². The highest BCUT2D eigenvalue weighted by atomic mass is 79.9. The normalized spacial score (nSPS) is 11.5. The maximum atomic E-state index is 12.6. The summed E-state index contributed by atoms with van der Waals surface area (Å²) in [7, 11) is 0. The lowest BCUT2D eigenvalue weighted by Crippen LogP contribution is -2.05. The Balaban J connectivity index is 0.000000390. The minimum absolute atomic E-state index is 0.193. The summed E-state index contributed by atoms with van der Waals surface area (Å²) < 4.78 is 39.5. The molecule has 0 aliphatic rings. The number of rotatable bonds is 3. The first-order valence-electron chi connectivity index (χ1n) is 9.06. The van der Waals surface area contributed by atoms with Crippen LogP contribution in [-0.4, -0.2) is 24.5 Å². The third kappa shape index (κ3) is 7.83. The quantitative estimate of drug-likeness (QED) is 0.216. The van der Waals surface area contributed by atoms with Crippen LogP contribution in [0.2, 0.25) is 5.15 Å². The van der Waals surface area contributed by atoms with Crippen molar-refractivity contribution in [1.29, 1.82) is 0 Å². The molecule has 0 aliphatic heterocycles. The highest BCUT2D eigenvalue weighted by molar-refractivity contribution is 9.18. The number of aromatic nitrogens is 4. The zero-order chi connectivity index (χ0) is 23.6. The number of amidine groups is 1. The highest BCUT2D eigenvalue weighted by Gasteiger charge is 2.30. The average molecular weight is 526 g/mol. The molecule has 0 spiro atoms. The summed E-state index contributed by atoms with van der Waals surface area (Å²) in [5.74, 6) is 5.85. The van der Waals surface area contributed by atoms with Crippen LogP contribution in [-0.2, 0) is 6.18 Å². The third-order valence-electron chi connectivity index (χ3n) is 3.56. The molecule has 0 atom stereocenters. The van der Waals surface area contributed by atoms with Gasteiger partial charge >= 0.3 is 6.18 Å². The number of halogens is 5. The van der Waals surface area contributed by atoms with Crippen LogP contribution in [0.4, 0.5) is 13.2 Å². The van der Waals surface area contributed by atoms with E-state index in [2.05, 4.69) is 47.8 Å². The lowest BCUT2D eigenvalue weighted by atomic mass is 10.2. The smallest absolute Gasteiger partial charge is 0.378 e. The maximum absolute atomic E-state index is 12.6. The van der Waals surface area contributed by atoms with Gasteiger partial charge in [0.25, 0.3) is 0 Å². The van der Waals surface area contributed by atoms with E-state index in [1.54, 1.807) is 24.7 Å². The van der Waals surface area contributed by atoms with Gasteiger partial charge in [-0.05, 0) is 58.6 Å². The van der Waals surface area contributed by atoms with Crippen LogP contribution in [0.3, 0.4) is 0 Å². The zero-order valence-electron chi connectivity index (χ0n) is 16.7. The lowest BCUT2D eigenvalue weighted by Gasteiger charge is -2.08. The Morgan fingerprint density at radius 2 is 1.88 bits per heavy atom. The molecule has 0 saturated carbocycles. The van der Waals surface area contributed by atoms with Crippen molar-refractivity contribution >= 4 is 32.3 Å². The predicted molar refractivity (Wildman–Crippen MR) is 122 cm³/mol. The number of aliphatic imine (C=N–C) groups is 1. The summed E-state index contributed by atoms with van der Waals surface area (Å²) in [6, 6.07) is 6.19. The first-order valence-corrected chi connectivity index (χ1v) is 10.2. The van der Waals surface area contributed by atoms with Gasteiger partial charge in [0.1, 0.15) is 5.15 Å². The summed E-state index contributed by atoms with van der Waals surface area (Å²) in [5, 5.41) is 4.24. The van der Waals surface area contributed by atoms with Crippen LogP contribution >= 0.6 is 27.5 Å². The molecule has 3 aromatic rings. The number of hydrogen-bond donors (Lipinski definition) is 1. The van der Waals surface area contributed by atoms with E-state index in [-0.39, 0.29) is 5.15 Å². The number of nitrogens with zero attached hydrogens (tertiary/aromatic N) is 5. The Hall–Kier alpha value is -3.16. The summed E-state index contributed by atoms with van der Waals surface area (Å²) in [6.45, 7) is 2.04. The van der Waals surface area contributed by atoms with Crippen molar-refractivity contribution in [1.82, 2.24) is 19.7 Å². The van der Waals surface area contributed by atoms with Crippen LogP contribution in [0.5, 0.6) is 0 Å². The van der Waals surface area contributed by atoms with Crippen molar-refractivity contribution in [3.63, 3.8) is 0 Å². The molecular weight excluding hydrogens is 509 g/mol. The molecule has 2 aromatic heterocycles. The van der Waals surface area contributed by atoms with Crippen LogP contribution in [0.15, 0.2) is 66.2 Å². The standard InChI is InChI=1S/C16H8ClF3N4.C5H9BrN2/c17-15-11(2-7-14-21-8-1-9-22-14)10-23-24(15)13-5-3-12(4-6-13)16(18,19)20;1-2-3-4-8-5(6)7/h1,3-6,8-10H;3-4H,2H2,1H3,(H2,7,8)/b;4-3-. The number of benzene rings is 1. The molecule has 11 heteroatoms. The van der Waals surface area contributed by atoms with Crippen molar-refractivity contribution in [2.24, 2.45) is 10.7 Å². The molecule has 6 nitrogen and oxygen atoms in total. The van der Waals surface area contributed by atoms with E-state index >= 15 is 0 Å². The summed E-state index contributed by atoms with van der Waals surface area (Å²) in [4.78, 5) is 11.7. The molecule has 0 fully saturated rings. The van der Waals surface area contributed by atoms with Gasteiger partial charge in [0.05, 0.1) is 23.0 Å². The Bertz CT molecular complexity index is 1130. The van der Waals surface area contributed by atoms with Gasteiger partial charge in [0.15, 0.2) is 4.74 Å². The zero-order valence-corrected chi connectivity index (χ0v) is 19.0. The molecule has 0 amide bonds. The largest absolute Gasteiger partial charge is 0.416 e. The van der Waals surface area contributed by atoms with Crippen LogP contribution < -0.4 is 5.73 Å². The number of allylic oxidation sites excluding steroid dienone is 1. The summed E-state index contributed by atoms with van der Waals surface area (Å²) in [6.07, 6.45) is 4.74. The fourth-order valence-corrected chi connectivity index (χ4v) is 2.46. The molecule has 0 aliphatic carbocycles. The van der Waals surface area contributed by atoms with Gasteiger partial charge < -0.3 is 5.73 Å². The van der Waals surface area contributed by atoms with Crippen molar-refractivity contribution in [3.8, 4) is 17.5 Å². The van der Waals surface area contributed by atoms with Crippen LogP contribution in [0.25, 0.3) is 5.69 Å². The summed E-state index contributed by atoms with van der Waals surface area (Å²) >= 11 is 9.17. The van der Waals surface area contributed by atoms with Gasteiger partial charge in [-0.25, -0.2) is 19.6 Å². The van der Waals surface area contributed by atoms with E-state index in [1.807, 2.05) is 13.0 Å². The second-order valence-corrected chi connectivity index (χ2v) is 7.04. The lowest BCUT2D eigenvalue weighted by molar-refractivity contribution is -0.137. The number of nitrogens with two attached hydrogens (primary N) is 1. The molecule has 32 heavy (non-hydrogen) atoms. The molecule has 0 unspecified atom stereocenters. The molecule has 0 saturated heterocycles. The molecule has 3 rings (SSSR count). The minimum Gasteiger partial charge on any atom is -0.378 e. The minimum atomic E-state index is -4.39. The molecule has 166 valence electrons. The first-order chi connectivity index (χ1) is 15.2. The predicted octanol–water partition coefficient (Wildman–Crippen LogP) is 5.35. The Morgan fingerprint density at radius 3 is 2.44 bits per heavy atom. The van der Waals surface area contributed by atoms with Crippen molar-refractivity contribution < 1.29 is 13.2 Å². The molecule has 0 bridgehead atoms. The van der Waals surface area contributed by atoms with Gasteiger partial charge in [-0.3, -0.25) is 0 Å². The van der Waals surface area contributed by atoms with Gasteiger partial charge in [0.2, 0.25) is 5.82 Å². The maximum Gasteiger partial charge on any atom is 0.416 e. The SMILES string of the molecule is CC/C=C\N=C(N)Br.FC(F)(F)c1ccc(-n2ncc(C#Cc3ncccn3)c2Cl)cc1. The molecular formula is C21H17BrClF3N6. The number of hydrogen-bond acceptors (Lipinski definition) is 4. The molecule has 2 N–H and O–H groups in total. The van der Waals surface area contributed by atoms with Crippen LogP contribution in [0, 0.1) is 11.8 Å². The molecule has 2 heterocycles. The molecule has 1 aromatic carbocycles. The fourth-order valence-electron chi connectivity index (χ4n) is 2.11. The Labute approximate surface area is 196 Å². The van der Waals surface area contributed by atoms with E-state index in [0.717, 1.165) is 18.6 Å². The highest BCUT2D eigenvalue weighted by Crippen LogP contribution is 2.30. The van der Waals surface area contributed by atoms with Gasteiger partial charge in [-0.15, -0.1) is 0 Å². The third-order valence-corrected chi connectivity index (χ3v) is 4.13. The van der Waals surface area contributed by atoms with E-state index in [1.165, 1.54) is 23.0 Å².